The van der Waals surface area contributed by atoms with Crippen molar-refractivity contribution in [1.82, 2.24) is 0 Å². The fraction of sp³-hybridized carbons (Fsp3) is 0.312. The van der Waals surface area contributed by atoms with Gasteiger partial charge in [-0.15, -0.1) is 11.3 Å². The van der Waals surface area contributed by atoms with Crippen LogP contribution in [0.2, 0.25) is 0 Å². The SMILES string of the molecule is COC(=O)c1ccc(NC(C)Cc2ccc(C)s2)c(N)c1. The van der Waals surface area contributed by atoms with Gasteiger partial charge in [0.1, 0.15) is 0 Å². The molecular formula is C16H20N2O2S. The Hall–Kier alpha value is -2.01. The molecular weight excluding hydrogens is 284 g/mol. The van der Waals surface area contributed by atoms with E-state index >= 15 is 0 Å². The van der Waals surface area contributed by atoms with Crippen LogP contribution in [-0.2, 0) is 11.2 Å². The Bertz CT molecular complexity index is 637. The van der Waals surface area contributed by atoms with Crippen LogP contribution in [0, 0.1) is 6.92 Å². The van der Waals surface area contributed by atoms with E-state index in [2.05, 4.69) is 36.0 Å². The van der Waals surface area contributed by atoms with E-state index in [1.54, 1.807) is 12.1 Å². The van der Waals surface area contributed by atoms with Crippen molar-refractivity contribution in [1.29, 1.82) is 0 Å². The molecule has 0 amide bonds. The molecule has 5 heteroatoms. The van der Waals surface area contributed by atoms with Gasteiger partial charge in [-0.1, -0.05) is 0 Å². The molecule has 2 aromatic rings. The van der Waals surface area contributed by atoms with Crippen LogP contribution in [0.5, 0.6) is 0 Å². The molecule has 0 fully saturated rings. The minimum absolute atomic E-state index is 0.259. The summed E-state index contributed by atoms with van der Waals surface area (Å²) in [5.74, 6) is -0.379. The average Bonchev–Trinajstić information content (AvgIpc) is 2.85. The van der Waals surface area contributed by atoms with Gasteiger partial charge in [0.25, 0.3) is 0 Å². The molecule has 0 saturated heterocycles. The molecule has 1 unspecified atom stereocenters. The van der Waals surface area contributed by atoms with Crippen LogP contribution in [0.15, 0.2) is 30.3 Å². The lowest BCUT2D eigenvalue weighted by atomic mass is 10.1. The Balaban J connectivity index is 2.03. The van der Waals surface area contributed by atoms with Crippen molar-refractivity contribution in [2.75, 3.05) is 18.2 Å². The van der Waals surface area contributed by atoms with Crippen LogP contribution in [0.3, 0.4) is 0 Å². The van der Waals surface area contributed by atoms with Gasteiger partial charge in [-0.25, -0.2) is 4.79 Å². The molecule has 0 bridgehead atoms. The fourth-order valence-electron chi connectivity index (χ4n) is 2.15. The molecule has 21 heavy (non-hydrogen) atoms. The van der Waals surface area contributed by atoms with Crippen molar-refractivity contribution >= 4 is 28.7 Å². The summed E-state index contributed by atoms with van der Waals surface area (Å²) < 4.78 is 4.68. The van der Waals surface area contributed by atoms with Crippen LogP contribution in [0.4, 0.5) is 11.4 Å². The van der Waals surface area contributed by atoms with Crippen LogP contribution in [0.1, 0.15) is 27.0 Å². The van der Waals surface area contributed by atoms with Crippen LogP contribution >= 0.6 is 11.3 Å². The zero-order valence-electron chi connectivity index (χ0n) is 12.5. The Morgan fingerprint density at radius 2 is 2.14 bits per heavy atom. The normalized spacial score (nSPS) is 12.0. The topological polar surface area (TPSA) is 64.3 Å². The number of ether oxygens (including phenoxy) is 1. The summed E-state index contributed by atoms with van der Waals surface area (Å²) >= 11 is 1.81. The summed E-state index contributed by atoms with van der Waals surface area (Å²) in [6.07, 6.45) is 0.941. The van der Waals surface area contributed by atoms with Gasteiger partial charge in [-0.05, 0) is 44.2 Å². The summed E-state index contributed by atoms with van der Waals surface area (Å²) in [6.45, 7) is 4.22. The molecule has 1 aromatic heterocycles. The van der Waals surface area contributed by atoms with Gasteiger partial charge < -0.3 is 15.8 Å². The van der Waals surface area contributed by atoms with Gasteiger partial charge in [0.05, 0.1) is 24.0 Å². The number of nitrogen functional groups attached to an aromatic ring is 1. The zero-order chi connectivity index (χ0) is 15.4. The summed E-state index contributed by atoms with van der Waals surface area (Å²) in [5, 5.41) is 3.38. The molecule has 112 valence electrons. The number of benzene rings is 1. The maximum atomic E-state index is 11.4. The highest BCUT2D eigenvalue weighted by molar-refractivity contribution is 7.11. The van der Waals surface area contributed by atoms with Gasteiger partial charge in [0.15, 0.2) is 0 Å². The molecule has 0 saturated carbocycles. The predicted molar refractivity (Wildman–Crippen MR) is 88.0 cm³/mol. The van der Waals surface area contributed by atoms with Crippen molar-refractivity contribution in [2.45, 2.75) is 26.3 Å². The number of anilines is 2. The van der Waals surface area contributed by atoms with Gasteiger partial charge in [0.2, 0.25) is 0 Å². The van der Waals surface area contributed by atoms with Crippen molar-refractivity contribution in [3.05, 3.63) is 45.6 Å². The molecule has 0 radical (unpaired) electrons. The van der Waals surface area contributed by atoms with E-state index < -0.39 is 0 Å². The minimum Gasteiger partial charge on any atom is -0.465 e. The number of carbonyl (C=O) groups excluding carboxylic acids is 1. The van der Waals surface area contributed by atoms with E-state index in [9.17, 15) is 4.79 Å². The smallest absolute Gasteiger partial charge is 0.337 e. The Morgan fingerprint density at radius 1 is 1.38 bits per heavy atom. The second-order valence-electron chi connectivity index (χ2n) is 5.06. The van der Waals surface area contributed by atoms with Crippen molar-refractivity contribution in [2.24, 2.45) is 0 Å². The standard InChI is InChI=1S/C16H20N2O2S/c1-10(8-13-6-4-11(2)21-13)18-15-7-5-12(9-14(15)17)16(19)20-3/h4-7,9-10,18H,8,17H2,1-3H3. The third-order valence-electron chi connectivity index (χ3n) is 3.18. The summed E-state index contributed by atoms with van der Waals surface area (Å²) in [7, 11) is 1.36. The number of rotatable bonds is 5. The quantitative estimate of drug-likeness (QED) is 0.656. The molecule has 0 aliphatic heterocycles. The summed E-state index contributed by atoms with van der Waals surface area (Å²) in [6, 6.07) is 9.71. The molecule has 1 atom stereocenters. The van der Waals surface area contributed by atoms with Crippen LogP contribution in [0.25, 0.3) is 0 Å². The number of nitrogens with one attached hydrogen (secondary N) is 1. The number of carbonyl (C=O) groups is 1. The molecule has 4 nitrogen and oxygen atoms in total. The van der Waals surface area contributed by atoms with Gasteiger partial charge in [-0.3, -0.25) is 0 Å². The van der Waals surface area contributed by atoms with E-state index in [1.165, 1.54) is 16.9 Å². The number of hydrogen-bond donors (Lipinski definition) is 2. The predicted octanol–water partition coefficient (Wildman–Crippen LogP) is 3.47. The van der Waals surface area contributed by atoms with Crippen LogP contribution in [-0.4, -0.2) is 19.1 Å². The number of esters is 1. The lowest BCUT2D eigenvalue weighted by Crippen LogP contribution is -2.18. The first-order valence-electron chi connectivity index (χ1n) is 6.79. The average molecular weight is 304 g/mol. The monoisotopic (exact) mass is 304 g/mol. The lowest BCUT2D eigenvalue weighted by Gasteiger charge is -2.16. The molecule has 3 N–H and O–H groups in total. The number of nitrogens with two attached hydrogens (primary N) is 1. The van der Waals surface area contributed by atoms with E-state index in [-0.39, 0.29) is 12.0 Å². The molecule has 0 aliphatic carbocycles. The molecule has 0 aliphatic rings. The molecule has 0 spiro atoms. The summed E-state index contributed by atoms with van der Waals surface area (Å²) in [4.78, 5) is 14.1. The minimum atomic E-state index is -0.379. The van der Waals surface area contributed by atoms with Crippen molar-refractivity contribution < 1.29 is 9.53 Å². The molecule has 1 heterocycles. The largest absolute Gasteiger partial charge is 0.465 e. The maximum Gasteiger partial charge on any atom is 0.337 e. The summed E-state index contributed by atoms with van der Waals surface area (Å²) in [5.41, 5.74) is 7.84. The Labute approximate surface area is 128 Å². The van der Waals surface area contributed by atoms with Crippen molar-refractivity contribution in [3.63, 3.8) is 0 Å². The van der Waals surface area contributed by atoms with E-state index in [4.69, 9.17) is 5.73 Å². The number of aryl methyl sites for hydroxylation is 1. The Morgan fingerprint density at radius 3 is 2.71 bits per heavy atom. The number of thiophene rings is 1. The maximum absolute atomic E-state index is 11.4. The highest BCUT2D eigenvalue weighted by Crippen LogP contribution is 2.23. The van der Waals surface area contributed by atoms with Crippen molar-refractivity contribution in [3.8, 4) is 0 Å². The third kappa shape index (κ3) is 3.98. The van der Waals surface area contributed by atoms with E-state index in [0.29, 0.717) is 11.3 Å². The van der Waals surface area contributed by atoms with E-state index in [1.807, 2.05) is 17.4 Å². The fourth-order valence-corrected chi connectivity index (χ4v) is 3.17. The van der Waals surface area contributed by atoms with Gasteiger partial charge in [-0.2, -0.15) is 0 Å². The van der Waals surface area contributed by atoms with Crippen LogP contribution < -0.4 is 11.1 Å². The first-order valence-corrected chi connectivity index (χ1v) is 7.61. The first kappa shape index (κ1) is 15.4. The van der Waals surface area contributed by atoms with Gasteiger partial charge >= 0.3 is 5.97 Å². The lowest BCUT2D eigenvalue weighted by molar-refractivity contribution is 0.0601. The second-order valence-corrected chi connectivity index (χ2v) is 6.43. The zero-order valence-corrected chi connectivity index (χ0v) is 13.3. The third-order valence-corrected chi connectivity index (χ3v) is 4.20. The number of methoxy groups -OCH3 is 1. The second kappa shape index (κ2) is 6.63. The molecule has 1 aromatic carbocycles. The van der Waals surface area contributed by atoms with Gasteiger partial charge in [0, 0.05) is 22.2 Å². The van der Waals surface area contributed by atoms with E-state index in [0.717, 1.165) is 12.1 Å². The highest BCUT2D eigenvalue weighted by Gasteiger charge is 2.10. The molecule has 2 rings (SSSR count). The Kier molecular flexibility index (Phi) is 4.85. The number of hydrogen-bond acceptors (Lipinski definition) is 5. The first-order chi connectivity index (χ1) is 9.99. The highest BCUT2D eigenvalue weighted by atomic mass is 32.1.